The number of aliphatic hydroxyl groups is 1. The molecule has 3 aromatic carbocycles. The average Bonchev–Trinajstić information content (AvgIpc) is 3.46. The zero-order valence-electron chi connectivity index (χ0n) is 21.7. The van der Waals surface area contributed by atoms with E-state index in [1.807, 2.05) is 49.4 Å². The van der Waals surface area contributed by atoms with Gasteiger partial charge in [0.1, 0.15) is 6.61 Å². The summed E-state index contributed by atoms with van der Waals surface area (Å²) in [6.07, 6.45) is 0.785. The number of para-hydroxylation sites is 1. The van der Waals surface area contributed by atoms with Gasteiger partial charge in [0.15, 0.2) is 17.0 Å². The summed E-state index contributed by atoms with van der Waals surface area (Å²) in [5, 5.41) is 23.6. The Bertz CT molecular complexity index is 1390. The van der Waals surface area contributed by atoms with Gasteiger partial charge < -0.3 is 19.7 Å². The van der Waals surface area contributed by atoms with Gasteiger partial charge in [0.2, 0.25) is 11.8 Å². The van der Waals surface area contributed by atoms with Crippen LogP contribution in [0.4, 0.5) is 5.69 Å². The molecule has 3 N–H and O–H groups in total. The molecule has 9 nitrogen and oxygen atoms in total. The number of carboxylic acids is 1. The molecule has 0 aliphatic carbocycles. The Morgan fingerprint density at radius 2 is 1.69 bits per heavy atom. The Morgan fingerprint density at radius 3 is 2.31 bits per heavy atom. The second-order valence-corrected chi connectivity index (χ2v) is 9.74. The summed E-state index contributed by atoms with van der Waals surface area (Å²) in [5.74, 6) is -4.35. The number of carbonyl (C=O) groups excluding carboxylic acids is 2. The molecule has 9 heteroatoms. The third kappa shape index (κ3) is 4.33. The molecule has 2 aliphatic rings. The van der Waals surface area contributed by atoms with Gasteiger partial charge in [0.05, 0.1) is 31.2 Å². The van der Waals surface area contributed by atoms with Crippen molar-refractivity contribution in [1.29, 1.82) is 0 Å². The van der Waals surface area contributed by atoms with Crippen molar-refractivity contribution in [2.75, 3.05) is 18.6 Å². The number of anilines is 1. The van der Waals surface area contributed by atoms with E-state index in [4.69, 9.17) is 9.47 Å². The van der Waals surface area contributed by atoms with Crippen molar-refractivity contribution in [3.63, 3.8) is 0 Å². The number of hydrogen-bond donors (Lipinski definition) is 3. The highest BCUT2D eigenvalue weighted by atomic mass is 16.5. The van der Waals surface area contributed by atoms with Crippen LogP contribution in [0, 0.1) is 11.8 Å². The highest BCUT2D eigenvalue weighted by molar-refractivity contribution is 6.24. The van der Waals surface area contributed by atoms with Crippen molar-refractivity contribution in [3.8, 4) is 11.5 Å². The van der Waals surface area contributed by atoms with Crippen LogP contribution in [-0.2, 0) is 27.4 Å². The SMILES string of the molecule is CCc1ccc(N2C(=O)C3C(c4cccc(OC)c4OCc4ccccc4)NC(CO)(C(=O)O)C3C2=O)cc1. The van der Waals surface area contributed by atoms with E-state index >= 15 is 0 Å². The van der Waals surface area contributed by atoms with Crippen LogP contribution in [0.2, 0.25) is 0 Å². The van der Waals surface area contributed by atoms with Gasteiger partial charge in [0.25, 0.3) is 0 Å². The Hall–Kier alpha value is -4.21. The predicted octanol–water partition coefficient (Wildman–Crippen LogP) is 3.10. The molecule has 2 aliphatic heterocycles. The quantitative estimate of drug-likeness (QED) is 0.361. The number of rotatable bonds is 9. The molecule has 2 amide bonds. The minimum Gasteiger partial charge on any atom is -0.493 e. The summed E-state index contributed by atoms with van der Waals surface area (Å²) >= 11 is 0. The first-order valence-electron chi connectivity index (χ1n) is 12.8. The Kier molecular flexibility index (Phi) is 7.12. The maximum atomic E-state index is 13.9. The lowest BCUT2D eigenvalue weighted by molar-refractivity contribution is -0.150. The van der Waals surface area contributed by atoms with Crippen LogP contribution in [0.3, 0.4) is 0 Å². The third-order valence-electron chi connectivity index (χ3n) is 7.68. The topological polar surface area (TPSA) is 125 Å². The van der Waals surface area contributed by atoms with Gasteiger partial charge in [-0.25, -0.2) is 4.90 Å². The second-order valence-electron chi connectivity index (χ2n) is 9.74. The number of nitrogens with one attached hydrogen (secondary N) is 1. The number of aliphatic hydroxyl groups excluding tert-OH is 1. The number of amides is 2. The molecule has 0 radical (unpaired) electrons. The summed E-state index contributed by atoms with van der Waals surface area (Å²) in [7, 11) is 1.49. The smallest absolute Gasteiger partial charge is 0.327 e. The number of hydrogen-bond acceptors (Lipinski definition) is 7. The number of benzene rings is 3. The molecule has 202 valence electrons. The van der Waals surface area contributed by atoms with E-state index in [-0.39, 0.29) is 6.61 Å². The molecule has 0 aromatic heterocycles. The van der Waals surface area contributed by atoms with Crippen molar-refractivity contribution >= 4 is 23.5 Å². The minimum atomic E-state index is -2.07. The van der Waals surface area contributed by atoms with Crippen LogP contribution < -0.4 is 19.7 Å². The maximum absolute atomic E-state index is 13.9. The van der Waals surface area contributed by atoms with Gasteiger partial charge in [-0.2, -0.15) is 0 Å². The first-order valence-corrected chi connectivity index (χ1v) is 12.8. The predicted molar refractivity (Wildman–Crippen MR) is 142 cm³/mol. The first kappa shape index (κ1) is 26.4. The molecular formula is C30H30N2O7. The van der Waals surface area contributed by atoms with Gasteiger partial charge in [-0.1, -0.05) is 61.5 Å². The zero-order chi connectivity index (χ0) is 27.7. The summed E-state index contributed by atoms with van der Waals surface area (Å²) in [6, 6.07) is 20.7. The molecule has 2 fully saturated rings. The molecule has 5 rings (SSSR count). The Balaban J connectivity index is 1.59. The fourth-order valence-electron chi connectivity index (χ4n) is 5.64. The zero-order valence-corrected chi connectivity index (χ0v) is 21.7. The molecule has 4 atom stereocenters. The highest BCUT2D eigenvalue weighted by Crippen LogP contribution is 2.52. The van der Waals surface area contributed by atoms with E-state index in [1.54, 1.807) is 30.3 Å². The van der Waals surface area contributed by atoms with E-state index in [2.05, 4.69) is 5.32 Å². The monoisotopic (exact) mass is 530 g/mol. The molecule has 3 aromatic rings. The van der Waals surface area contributed by atoms with E-state index in [0.717, 1.165) is 22.4 Å². The summed E-state index contributed by atoms with van der Waals surface area (Å²) in [5.41, 5.74) is 0.681. The lowest BCUT2D eigenvalue weighted by Crippen LogP contribution is -2.58. The first-order chi connectivity index (χ1) is 18.9. The Labute approximate surface area is 226 Å². The number of methoxy groups -OCH3 is 1. The van der Waals surface area contributed by atoms with Gasteiger partial charge >= 0.3 is 5.97 Å². The molecule has 2 saturated heterocycles. The fraction of sp³-hybridized carbons (Fsp3) is 0.300. The molecule has 0 saturated carbocycles. The van der Waals surface area contributed by atoms with Crippen LogP contribution in [0.5, 0.6) is 11.5 Å². The van der Waals surface area contributed by atoms with Crippen molar-refractivity contribution in [2.24, 2.45) is 11.8 Å². The molecular weight excluding hydrogens is 500 g/mol. The number of aryl methyl sites for hydroxylation is 1. The van der Waals surface area contributed by atoms with Crippen LogP contribution >= 0.6 is 0 Å². The molecule has 2 heterocycles. The number of ether oxygens (including phenoxy) is 2. The molecule has 0 spiro atoms. The number of aliphatic carboxylic acids is 1. The normalized spacial score (nSPS) is 24.1. The van der Waals surface area contributed by atoms with Gasteiger partial charge in [-0.05, 0) is 35.7 Å². The number of fused-ring (bicyclic) bond motifs is 1. The summed E-state index contributed by atoms with van der Waals surface area (Å²) in [4.78, 5) is 41.3. The van der Waals surface area contributed by atoms with Crippen LogP contribution in [-0.4, -0.2) is 47.3 Å². The highest BCUT2D eigenvalue weighted by Gasteiger charge is 2.69. The fourth-order valence-corrected chi connectivity index (χ4v) is 5.64. The number of imide groups is 1. The molecule has 0 bridgehead atoms. The van der Waals surface area contributed by atoms with Crippen LogP contribution in [0.25, 0.3) is 0 Å². The van der Waals surface area contributed by atoms with E-state index in [1.165, 1.54) is 7.11 Å². The van der Waals surface area contributed by atoms with Crippen molar-refractivity contribution < 1.29 is 34.1 Å². The van der Waals surface area contributed by atoms with Crippen LogP contribution in [0.15, 0.2) is 72.8 Å². The maximum Gasteiger partial charge on any atom is 0.327 e. The van der Waals surface area contributed by atoms with Gasteiger partial charge in [0, 0.05) is 11.6 Å². The van der Waals surface area contributed by atoms with Crippen molar-refractivity contribution in [1.82, 2.24) is 5.32 Å². The number of carbonyl (C=O) groups is 3. The van der Waals surface area contributed by atoms with E-state index < -0.39 is 47.8 Å². The minimum absolute atomic E-state index is 0.196. The van der Waals surface area contributed by atoms with Gasteiger partial charge in [-0.3, -0.25) is 19.7 Å². The number of nitrogens with zero attached hydrogens (tertiary/aromatic N) is 1. The second kappa shape index (κ2) is 10.5. The largest absolute Gasteiger partial charge is 0.493 e. The van der Waals surface area contributed by atoms with E-state index in [0.29, 0.717) is 22.7 Å². The lowest BCUT2D eigenvalue weighted by Gasteiger charge is -2.29. The Morgan fingerprint density at radius 1 is 0.974 bits per heavy atom. The summed E-state index contributed by atoms with van der Waals surface area (Å²) < 4.78 is 11.7. The third-order valence-corrected chi connectivity index (χ3v) is 7.68. The molecule has 39 heavy (non-hydrogen) atoms. The van der Waals surface area contributed by atoms with Gasteiger partial charge in [-0.15, -0.1) is 0 Å². The lowest BCUT2D eigenvalue weighted by atomic mass is 9.79. The van der Waals surface area contributed by atoms with Crippen molar-refractivity contribution in [3.05, 3.63) is 89.5 Å². The standard InChI is InChI=1S/C30H30N2O7/c1-3-18-12-14-20(15-13-18)32-27(34)23-24(28(32)35)30(17-33,29(36)37)31-25(23)21-10-7-11-22(38-2)26(21)39-16-19-8-5-4-6-9-19/h4-15,23-25,31,33H,3,16-17H2,1-2H3,(H,36,37). The molecule has 4 unspecified atom stereocenters. The van der Waals surface area contributed by atoms with Crippen molar-refractivity contribution in [2.45, 2.75) is 31.5 Å². The summed E-state index contributed by atoms with van der Waals surface area (Å²) in [6.45, 7) is 1.31. The van der Waals surface area contributed by atoms with E-state index in [9.17, 15) is 24.6 Å². The average molecular weight is 531 g/mol. The van der Waals surface area contributed by atoms with Crippen LogP contribution in [0.1, 0.15) is 29.7 Å². The number of carboxylic acid groups (broad SMARTS) is 1.